The summed E-state index contributed by atoms with van der Waals surface area (Å²) < 4.78 is 28.4. The van der Waals surface area contributed by atoms with Crippen LogP contribution in [0.25, 0.3) is 11.0 Å². The average Bonchev–Trinajstić information content (AvgIpc) is 3.07. The quantitative estimate of drug-likeness (QED) is 0.550. The number of piperidine rings is 1. The molecule has 0 radical (unpaired) electrons. The Hall–Kier alpha value is -1.58. The van der Waals surface area contributed by atoms with Crippen LogP contribution >= 0.6 is 11.8 Å². The zero-order valence-electron chi connectivity index (χ0n) is 19.2. The molecular formula is C22H34N4O3S2. The van der Waals surface area contributed by atoms with E-state index in [4.69, 9.17) is 4.98 Å². The molecule has 1 fully saturated rings. The van der Waals surface area contributed by atoms with Gasteiger partial charge in [0.2, 0.25) is 15.9 Å². The van der Waals surface area contributed by atoms with Gasteiger partial charge in [0.15, 0.2) is 5.16 Å². The Labute approximate surface area is 190 Å². The van der Waals surface area contributed by atoms with E-state index in [0.717, 1.165) is 42.9 Å². The summed E-state index contributed by atoms with van der Waals surface area (Å²) in [4.78, 5) is 20.0. The number of amides is 1. The molecule has 0 bridgehead atoms. The number of aryl methyl sites for hydroxylation is 1. The van der Waals surface area contributed by atoms with Crippen molar-refractivity contribution in [1.82, 2.24) is 18.8 Å². The molecule has 2 aromatic rings. The highest BCUT2D eigenvalue weighted by molar-refractivity contribution is 7.99. The summed E-state index contributed by atoms with van der Waals surface area (Å²) in [5.41, 5.74) is 1.55. The predicted octanol–water partition coefficient (Wildman–Crippen LogP) is 3.97. The van der Waals surface area contributed by atoms with Gasteiger partial charge >= 0.3 is 0 Å². The Kier molecular flexibility index (Phi) is 7.70. The first-order chi connectivity index (χ1) is 14.7. The predicted molar refractivity (Wildman–Crippen MR) is 126 cm³/mol. The molecule has 172 valence electrons. The summed E-state index contributed by atoms with van der Waals surface area (Å²) in [6.45, 7) is 7.18. The molecule has 0 N–H and O–H groups in total. The molecule has 0 aliphatic carbocycles. The van der Waals surface area contributed by atoms with Gasteiger partial charge < -0.3 is 9.47 Å². The number of carbonyl (C=O) groups excluding carboxylic acids is 1. The molecule has 0 spiro atoms. The standard InChI is InChI=1S/C22H34N4O3S2/c1-6-7-13-25-20-12-11-18(31(28,29)24(4)5)14-19(20)23-22(25)30-15-21(27)26-16(2)9-8-10-17(26)3/h11-12,14,16-17H,6-10,13,15H2,1-5H3. The number of carbonyl (C=O) groups is 1. The summed E-state index contributed by atoms with van der Waals surface area (Å²) in [6.07, 6.45) is 5.31. The monoisotopic (exact) mass is 466 g/mol. The second-order valence-corrected chi connectivity index (χ2v) is 11.7. The van der Waals surface area contributed by atoms with E-state index in [2.05, 4.69) is 25.3 Å². The van der Waals surface area contributed by atoms with Gasteiger partial charge in [0.25, 0.3) is 0 Å². The van der Waals surface area contributed by atoms with E-state index in [9.17, 15) is 13.2 Å². The zero-order chi connectivity index (χ0) is 22.8. The maximum Gasteiger partial charge on any atom is 0.242 e. The lowest BCUT2D eigenvalue weighted by atomic mass is 9.98. The topological polar surface area (TPSA) is 75.5 Å². The van der Waals surface area contributed by atoms with Crippen LogP contribution in [0.4, 0.5) is 0 Å². The van der Waals surface area contributed by atoms with E-state index in [1.807, 2.05) is 11.0 Å². The smallest absolute Gasteiger partial charge is 0.242 e. The summed E-state index contributed by atoms with van der Waals surface area (Å²) >= 11 is 1.45. The van der Waals surface area contributed by atoms with Crippen molar-refractivity contribution in [2.75, 3.05) is 19.8 Å². The number of nitrogens with zero attached hydrogens (tertiary/aromatic N) is 4. The van der Waals surface area contributed by atoms with E-state index >= 15 is 0 Å². The Morgan fingerprint density at radius 3 is 2.52 bits per heavy atom. The number of unbranched alkanes of at least 4 members (excludes halogenated alkanes) is 1. The van der Waals surface area contributed by atoms with Crippen LogP contribution in [0, 0.1) is 0 Å². The number of fused-ring (bicyclic) bond motifs is 1. The summed E-state index contributed by atoms with van der Waals surface area (Å²) in [5.74, 6) is 0.488. The summed E-state index contributed by atoms with van der Waals surface area (Å²) in [6, 6.07) is 5.64. The van der Waals surface area contributed by atoms with Gasteiger partial charge in [-0.3, -0.25) is 4.79 Å². The van der Waals surface area contributed by atoms with Gasteiger partial charge in [-0.05, 0) is 57.7 Å². The molecule has 2 unspecified atom stereocenters. The van der Waals surface area contributed by atoms with Gasteiger partial charge in [-0.15, -0.1) is 0 Å². The highest BCUT2D eigenvalue weighted by Gasteiger charge is 2.29. The van der Waals surface area contributed by atoms with Crippen molar-refractivity contribution in [3.63, 3.8) is 0 Å². The Balaban J connectivity index is 1.88. The SMILES string of the molecule is CCCCn1c(SCC(=O)N2C(C)CCCC2C)nc2cc(S(=O)(=O)N(C)C)ccc21. The van der Waals surface area contributed by atoms with Crippen molar-refractivity contribution < 1.29 is 13.2 Å². The van der Waals surface area contributed by atoms with E-state index in [1.165, 1.54) is 36.6 Å². The third-order valence-corrected chi connectivity index (χ3v) is 8.78. The van der Waals surface area contributed by atoms with Crippen LogP contribution in [0.15, 0.2) is 28.3 Å². The van der Waals surface area contributed by atoms with Crippen molar-refractivity contribution in [2.24, 2.45) is 0 Å². The van der Waals surface area contributed by atoms with Gasteiger partial charge in [0.1, 0.15) is 0 Å². The normalized spacial score (nSPS) is 20.0. The van der Waals surface area contributed by atoms with Gasteiger partial charge in [0, 0.05) is 32.7 Å². The first-order valence-corrected chi connectivity index (χ1v) is 13.5. The van der Waals surface area contributed by atoms with Gasteiger partial charge in [-0.1, -0.05) is 25.1 Å². The van der Waals surface area contributed by atoms with Crippen LogP contribution in [0.5, 0.6) is 0 Å². The van der Waals surface area contributed by atoms with Crippen LogP contribution in [0.2, 0.25) is 0 Å². The number of hydrogen-bond donors (Lipinski definition) is 0. The highest BCUT2D eigenvalue weighted by Crippen LogP contribution is 2.29. The minimum atomic E-state index is -3.52. The fourth-order valence-corrected chi connectivity index (χ4v) is 6.05. The highest BCUT2D eigenvalue weighted by atomic mass is 32.2. The van der Waals surface area contributed by atoms with Crippen LogP contribution in [-0.4, -0.2) is 65.0 Å². The van der Waals surface area contributed by atoms with Crippen LogP contribution in [-0.2, 0) is 21.4 Å². The van der Waals surface area contributed by atoms with Crippen molar-refractivity contribution in [1.29, 1.82) is 0 Å². The molecule has 1 amide bonds. The van der Waals surface area contributed by atoms with Gasteiger partial charge in [0.05, 0.1) is 21.7 Å². The van der Waals surface area contributed by atoms with Crippen molar-refractivity contribution >= 4 is 38.7 Å². The molecule has 31 heavy (non-hydrogen) atoms. The van der Waals surface area contributed by atoms with Crippen LogP contribution in [0.1, 0.15) is 52.9 Å². The van der Waals surface area contributed by atoms with Crippen molar-refractivity contribution in [3.8, 4) is 0 Å². The maximum atomic E-state index is 13.0. The zero-order valence-corrected chi connectivity index (χ0v) is 20.8. The first-order valence-electron chi connectivity index (χ1n) is 11.0. The minimum absolute atomic E-state index is 0.148. The largest absolute Gasteiger partial charge is 0.337 e. The molecule has 9 heteroatoms. The van der Waals surface area contributed by atoms with Gasteiger partial charge in [-0.25, -0.2) is 17.7 Å². The lowest BCUT2D eigenvalue weighted by molar-refractivity contribution is -0.134. The van der Waals surface area contributed by atoms with Crippen LogP contribution in [0.3, 0.4) is 0 Å². The number of imidazole rings is 1. The Morgan fingerprint density at radius 1 is 1.23 bits per heavy atom. The van der Waals surface area contributed by atoms with Crippen molar-refractivity contribution in [2.45, 2.75) is 81.6 Å². The molecule has 2 heterocycles. The third-order valence-electron chi connectivity index (χ3n) is 6.00. The van der Waals surface area contributed by atoms with Crippen LogP contribution < -0.4 is 0 Å². The number of thioether (sulfide) groups is 1. The number of hydrogen-bond acceptors (Lipinski definition) is 5. The maximum absolute atomic E-state index is 13.0. The van der Waals surface area contributed by atoms with E-state index in [0.29, 0.717) is 11.3 Å². The third kappa shape index (κ3) is 5.09. The van der Waals surface area contributed by atoms with E-state index in [1.54, 1.807) is 12.1 Å². The van der Waals surface area contributed by atoms with Gasteiger partial charge in [-0.2, -0.15) is 0 Å². The Morgan fingerprint density at radius 2 is 1.90 bits per heavy atom. The van der Waals surface area contributed by atoms with E-state index < -0.39 is 10.0 Å². The molecule has 1 aromatic carbocycles. The number of rotatable bonds is 8. The van der Waals surface area contributed by atoms with Crippen molar-refractivity contribution in [3.05, 3.63) is 18.2 Å². The second kappa shape index (κ2) is 9.92. The summed E-state index contributed by atoms with van der Waals surface area (Å²) in [5, 5.41) is 0.772. The molecule has 2 atom stereocenters. The molecule has 1 aromatic heterocycles. The Bertz CT molecular complexity index is 1020. The fourth-order valence-electron chi connectivity index (χ4n) is 4.21. The summed E-state index contributed by atoms with van der Waals surface area (Å²) in [7, 11) is -0.480. The second-order valence-electron chi connectivity index (χ2n) is 8.56. The molecule has 1 saturated heterocycles. The molecule has 3 rings (SSSR count). The number of sulfonamides is 1. The number of benzene rings is 1. The lowest BCUT2D eigenvalue weighted by Crippen LogP contribution is -2.48. The average molecular weight is 467 g/mol. The molecule has 7 nitrogen and oxygen atoms in total. The lowest BCUT2D eigenvalue weighted by Gasteiger charge is -2.39. The molecular weight excluding hydrogens is 432 g/mol. The molecule has 0 saturated carbocycles. The van der Waals surface area contributed by atoms with E-state index in [-0.39, 0.29) is 22.9 Å². The molecule has 1 aliphatic rings. The number of likely N-dealkylation sites (tertiary alicyclic amines) is 1. The number of aromatic nitrogens is 2. The first kappa shape index (κ1) is 24.1. The fraction of sp³-hybridized carbons (Fsp3) is 0.636. The minimum Gasteiger partial charge on any atom is -0.337 e. The molecule has 1 aliphatic heterocycles.